The summed E-state index contributed by atoms with van der Waals surface area (Å²) in [7, 11) is 0. The molecule has 3 heteroatoms. The summed E-state index contributed by atoms with van der Waals surface area (Å²) < 4.78 is 5.93. The van der Waals surface area contributed by atoms with Crippen LogP contribution in [0.5, 0.6) is 5.75 Å². The molecular formula is C17H18Cl2O. The Morgan fingerprint density at radius 1 is 1.05 bits per heavy atom. The highest BCUT2D eigenvalue weighted by Crippen LogP contribution is 2.31. The molecule has 106 valence electrons. The molecule has 0 radical (unpaired) electrons. The van der Waals surface area contributed by atoms with E-state index in [0.717, 1.165) is 5.56 Å². The summed E-state index contributed by atoms with van der Waals surface area (Å²) in [5, 5.41) is 0.602. The normalized spacial score (nSPS) is 10.7. The van der Waals surface area contributed by atoms with Crippen LogP contribution in [0.2, 0.25) is 5.02 Å². The van der Waals surface area contributed by atoms with E-state index in [9.17, 15) is 0 Å². The van der Waals surface area contributed by atoms with Crippen molar-refractivity contribution < 1.29 is 4.74 Å². The fourth-order valence-corrected chi connectivity index (χ4v) is 2.86. The lowest BCUT2D eigenvalue weighted by molar-refractivity contribution is 0.302. The highest BCUT2D eigenvalue weighted by Gasteiger charge is 2.10. The molecule has 0 saturated heterocycles. The van der Waals surface area contributed by atoms with Crippen LogP contribution in [0.1, 0.15) is 27.8 Å². The molecule has 0 saturated carbocycles. The van der Waals surface area contributed by atoms with Gasteiger partial charge in [-0.15, -0.1) is 11.6 Å². The molecule has 0 aliphatic heterocycles. The van der Waals surface area contributed by atoms with Crippen molar-refractivity contribution in [1.82, 2.24) is 0 Å². The summed E-state index contributed by atoms with van der Waals surface area (Å²) in [6.45, 7) is 6.82. The molecule has 0 heterocycles. The molecule has 1 nitrogen and oxygen atoms in total. The van der Waals surface area contributed by atoms with Crippen molar-refractivity contribution in [2.75, 3.05) is 0 Å². The Morgan fingerprint density at radius 3 is 2.30 bits per heavy atom. The second-order valence-corrected chi connectivity index (χ2v) is 5.70. The fourth-order valence-electron chi connectivity index (χ4n) is 2.40. The van der Waals surface area contributed by atoms with E-state index in [1.54, 1.807) is 0 Å². The molecule has 0 atom stereocenters. The summed E-state index contributed by atoms with van der Waals surface area (Å²) >= 11 is 12.1. The zero-order valence-corrected chi connectivity index (χ0v) is 13.5. The van der Waals surface area contributed by atoms with Crippen LogP contribution >= 0.6 is 23.2 Å². The van der Waals surface area contributed by atoms with E-state index in [-0.39, 0.29) is 0 Å². The van der Waals surface area contributed by atoms with Gasteiger partial charge >= 0.3 is 0 Å². The van der Waals surface area contributed by atoms with Gasteiger partial charge in [0, 0.05) is 5.56 Å². The molecular weight excluding hydrogens is 291 g/mol. The first-order valence-corrected chi connectivity index (χ1v) is 7.47. The number of benzene rings is 2. The average Bonchev–Trinajstić information content (AvgIpc) is 2.38. The van der Waals surface area contributed by atoms with Gasteiger partial charge in [0.2, 0.25) is 0 Å². The van der Waals surface area contributed by atoms with Gasteiger partial charge in [-0.1, -0.05) is 41.4 Å². The van der Waals surface area contributed by atoms with Crippen molar-refractivity contribution in [3.63, 3.8) is 0 Å². The van der Waals surface area contributed by atoms with E-state index < -0.39 is 0 Å². The molecule has 2 rings (SSSR count). The number of aryl methyl sites for hydroxylation is 3. The van der Waals surface area contributed by atoms with E-state index in [1.807, 2.05) is 18.2 Å². The van der Waals surface area contributed by atoms with Gasteiger partial charge in [-0.2, -0.15) is 0 Å². The molecule has 2 aromatic rings. The number of halogens is 2. The monoisotopic (exact) mass is 308 g/mol. The maximum Gasteiger partial charge on any atom is 0.142 e. The smallest absolute Gasteiger partial charge is 0.142 e. The minimum atomic E-state index is 0.391. The molecule has 0 aliphatic rings. The van der Waals surface area contributed by atoms with Crippen LogP contribution in [0.15, 0.2) is 30.3 Å². The molecule has 0 fully saturated rings. The van der Waals surface area contributed by atoms with Gasteiger partial charge in [0.05, 0.1) is 10.9 Å². The van der Waals surface area contributed by atoms with Crippen LogP contribution < -0.4 is 4.74 Å². The molecule has 0 aromatic heterocycles. The number of rotatable bonds is 4. The topological polar surface area (TPSA) is 9.23 Å². The number of ether oxygens (including phenoxy) is 1. The predicted molar refractivity (Wildman–Crippen MR) is 86.0 cm³/mol. The summed E-state index contributed by atoms with van der Waals surface area (Å²) in [6.07, 6.45) is 0. The van der Waals surface area contributed by atoms with E-state index in [0.29, 0.717) is 23.3 Å². The quantitative estimate of drug-likeness (QED) is 0.670. The Bertz CT molecular complexity index is 597. The number of hydrogen-bond donors (Lipinski definition) is 0. The minimum absolute atomic E-state index is 0.391. The first-order chi connectivity index (χ1) is 9.52. The van der Waals surface area contributed by atoms with Crippen molar-refractivity contribution >= 4 is 23.2 Å². The molecule has 0 spiro atoms. The van der Waals surface area contributed by atoms with Crippen molar-refractivity contribution in [3.8, 4) is 5.75 Å². The van der Waals surface area contributed by atoms with Gasteiger partial charge in [-0.05, 0) is 43.5 Å². The Morgan fingerprint density at radius 2 is 1.70 bits per heavy atom. The van der Waals surface area contributed by atoms with E-state index >= 15 is 0 Å². The third-order valence-corrected chi connectivity index (χ3v) is 3.98. The molecule has 0 amide bonds. The number of alkyl halides is 1. The average molecular weight is 309 g/mol. The molecule has 2 aromatic carbocycles. The fraction of sp³-hybridized carbons (Fsp3) is 0.294. The van der Waals surface area contributed by atoms with Crippen LogP contribution in [0, 0.1) is 20.8 Å². The van der Waals surface area contributed by atoms with Gasteiger partial charge in [-0.25, -0.2) is 0 Å². The third kappa shape index (κ3) is 3.28. The van der Waals surface area contributed by atoms with Crippen molar-refractivity contribution in [3.05, 3.63) is 63.2 Å². The van der Waals surface area contributed by atoms with Crippen LogP contribution in [-0.4, -0.2) is 0 Å². The second-order valence-electron chi connectivity index (χ2n) is 5.03. The lowest BCUT2D eigenvalue weighted by atomic mass is 10.0. The van der Waals surface area contributed by atoms with Gasteiger partial charge in [0.15, 0.2) is 0 Å². The zero-order valence-electron chi connectivity index (χ0n) is 12.0. The first-order valence-electron chi connectivity index (χ1n) is 6.55. The highest BCUT2D eigenvalue weighted by molar-refractivity contribution is 6.32. The third-order valence-electron chi connectivity index (χ3n) is 3.39. The lowest BCUT2D eigenvalue weighted by Crippen LogP contribution is -2.03. The number of para-hydroxylation sites is 1. The SMILES string of the molecule is Cc1cc(C)c(COc2c(Cl)cccc2CCl)c(C)c1. The van der Waals surface area contributed by atoms with Crippen molar-refractivity contribution in [2.24, 2.45) is 0 Å². The maximum absolute atomic E-state index is 6.20. The van der Waals surface area contributed by atoms with Gasteiger partial charge in [0.25, 0.3) is 0 Å². The molecule has 20 heavy (non-hydrogen) atoms. The van der Waals surface area contributed by atoms with Gasteiger partial charge in [-0.3, -0.25) is 0 Å². The Labute approximate surface area is 130 Å². The molecule has 0 aliphatic carbocycles. The van der Waals surface area contributed by atoms with Crippen LogP contribution in [-0.2, 0) is 12.5 Å². The predicted octanol–water partition coefficient (Wildman–Crippen LogP) is 5.58. The minimum Gasteiger partial charge on any atom is -0.487 e. The molecule has 0 N–H and O–H groups in total. The maximum atomic E-state index is 6.20. The summed E-state index contributed by atoms with van der Waals surface area (Å²) in [5.74, 6) is 1.07. The van der Waals surface area contributed by atoms with E-state index in [1.165, 1.54) is 22.3 Å². The zero-order chi connectivity index (χ0) is 14.7. The highest BCUT2D eigenvalue weighted by atomic mass is 35.5. The Balaban J connectivity index is 2.26. The Kier molecular flexibility index (Phi) is 4.95. The van der Waals surface area contributed by atoms with Gasteiger partial charge < -0.3 is 4.74 Å². The van der Waals surface area contributed by atoms with Crippen LogP contribution in [0.25, 0.3) is 0 Å². The van der Waals surface area contributed by atoms with Crippen molar-refractivity contribution in [2.45, 2.75) is 33.3 Å². The lowest BCUT2D eigenvalue weighted by Gasteiger charge is -2.15. The number of hydrogen-bond acceptors (Lipinski definition) is 1. The molecule has 0 bridgehead atoms. The summed E-state index contributed by atoms with van der Waals surface area (Å²) in [4.78, 5) is 0. The summed E-state index contributed by atoms with van der Waals surface area (Å²) in [5.41, 5.74) is 5.87. The van der Waals surface area contributed by atoms with E-state index in [2.05, 4.69) is 32.9 Å². The van der Waals surface area contributed by atoms with Crippen LogP contribution in [0.3, 0.4) is 0 Å². The largest absolute Gasteiger partial charge is 0.487 e. The second kappa shape index (κ2) is 6.51. The van der Waals surface area contributed by atoms with E-state index in [4.69, 9.17) is 27.9 Å². The molecule has 0 unspecified atom stereocenters. The standard InChI is InChI=1S/C17H18Cl2O/c1-11-7-12(2)15(13(3)8-11)10-20-17-14(9-18)5-4-6-16(17)19/h4-8H,9-10H2,1-3H3. The Hall–Kier alpha value is -1.18. The van der Waals surface area contributed by atoms with Crippen LogP contribution in [0.4, 0.5) is 0 Å². The first kappa shape index (κ1) is 15.2. The van der Waals surface area contributed by atoms with Gasteiger partial charge in [0.1, 0.15) is 12.4 Å². The van der Waals surface area contributed by atoms with Crippen molar-refractivity contribution in [1.29, 1.82) is 0 Å². The summed E-state index contributed by atoms with van der Waals surface area (Å²) in [6, 6.07) is 9.97.